The summed E-state index contributed by atoms with van der Waals surface area (Å²) in [6.45, 7) is 0.766. The van der Waals surface area contributed by atoms with Crippen LogP contribution in [0, 0.1) is 0 Å². The first-order chi connectivity index (χ1) is 9.49. The van der Waals surface area contributed by atoms with Crippen LogP contribution in [-0.4, -0.2) is 45.1 Å². The minimum absolute atomic E-state index is 0.0445. The second kappa shape index (κ2) is 7.46. The summed E-state index contributed by atoms with van der Waals surface area (Å²) in [5, 5.41) is 21.9. The average molecular weight is 284 g/mol. The molecule has 1 rings (SSSR count). The van der Waals surface area contributed by atoms with Crippen LogP contribution in [0.1, 0.15) is 13.2 Å². The van der Waals surface area contributed by atoms with E-state index in [1.54, 1.807) is 0 Å². The lowest BCUT2D eigenvalue weighted by Gasteiger charge is -2.25. The van der Waals surface area contributed by atoms with Gasteiger partial charge in [0.15, 0.2) is 0 Å². The number of anilines is 1. The van der Waals surface area contributed by atoms with Gasteiger partial charge < -0.3 is 20.7 Å². The Morgan fingerprint density at radius 3 is 2.90 bits per heavy atom. The van der Waals surface area contributed by atoms with Crippen LogP contribution in [0.25, 0.3) is 10.4 Å². The lowest BCUT2D eigenvalue weighted by molar-refractivity contribution is -0.116. The van der Waals surface area contributed by atoms with Crippen LogP contribution in [0.2, 0.25) is 0 Å². The summed E-state index contributed by atoms with van der Waals surface area (Å²) < 4.78 is 6.45. The zero-order valence-corrected chi connectivity index (χ0v) is 10.8. The minimum atomic E-state index is -1.00. The van der Waals surface area contributed by atoms with Gasteiger partial charge >= 0.3 is 5.69 Å². The maximum Gasteiger partial charge on any atom is 0.351 e. The molecule has 0 bridgehead atoms. The third kappa shape index (κ3) is 4.21. The van der Waals surface area contributed by atoms with Crippen molar-refractivity contribution in [3.63, 3.8) is 0 Å². The summed E-state index contributed by atoms with van der Waals surface area (Å²) in [6.07, 6.45) is -1.57. The molecule has 0 fully saturated rings. The minimum Gasteiger partial charge on any atom is -0.394 e. The van der Waals surface area contributed by atoms with Crippen LogP contribution in [0.4, 0.5) is 5.82 Å². The van der Waals surface area contributed by atoms with Crippen molar-refractivity contribution < 1.29 is 14.9 Å². The van der Waals surface area contributed by atoms with Crippen molar-refractivity contribution in [3.05, 3.63) is 33.2 Å². The summed E-state index contributed by atoms with van der Waals surface area (Å²) in [7, 11) is 0. The van der Waals surface area contributed by atoms with E-state index in [0.29, 0.717) is 0 Å². The molecule has 0 aliphatic rings. The highest BCUT2D eigenvalue weighted by molar-refractivity contribution is 5.23. The van der Waals surface area contributed by atoms with Crippen LogP contribution in [0.15, 0.2) is 22.2 Å². The standard InChI is InChI=1S/C10H16N6O4/c1-6(18)7(5-17)20-9(4-13-15-12)16-3-2-8(11)14-10(16)19/h2-3,6-7,9,17-18H,4-5H2,1H3,(H2,11,14,19)/t6-,7+,9?/m0/s1. The Hall–Kier alpha value is -2.13. The summed E-state index contributed by atoms with van der Waals surface area (Å²) in [5.41, 5.74) is 13.0. The molecule has 110 valence electrons. The van der Waals surface area contributed by atoms with Crippen molar-refractivity contribution in [2.45, 2.75) is 25.4 Å². The Morgan fingerprint density at radius 1 is 1.70 bits per heavy atom. The van der Waals surface area contributed by atoms with Gasteiger partial charge in [-0.2, -0.15) is 4.98 Å². The van der Waals surface area contributed by atoms with Gasteiger partial charge in [-0.3, -0.25) is 4.57 Å². The summed E-state index contributed by atoms with van der Waals surface area (Å²) in [6, 6.07) is 1.38. The van der Waals surface area contributed by atoms with Gasteiger partial charge in [-0.1, -0.05) is 5.11 Å². The Kier molecular flexibility index (Phi) is 5.94. The van der Waals surface area contributed by atoms with E-state index in [1.165, 1.54) is 19.2 Å². The number of ether oxygens (including phenoxy) is 1. The van der Waals surface area contributed by atoms with Gasteiger partial charge in [0.1, 0.15) is 18.1 Å². The van der Waals surface area contributed by atoms with E-state index in [4.69, 9.17) is 21.1 Å². The van der Waals surface area contributed by atoms with Crippen LogP contribution in [0.3, 0.4) is 0 Å². The molecule has 1 unspecified atom stereocenters. The molecule has 1 aromatic rings. The molecular formula is C10H16N6O4. The van der Waals surface area contributed by atoms with Crippen LogP contribution in [0.5, 0.6) is 0 Å². The van der Waals surface area contributed by atoms with E-state index < -0.39 is 30.7 Å². The highest BCUT2D eigenvalue weighted by atomic mass is 16.5. The predicted molar refractivity (Wildman–Crippen MR) is 69.6 cm³/mol. The molecule has 10 nitrogen and oxygen atoms in total. The van der Waals surface area contributed by atoms with E-state index in [9.17, 15) is 9.90 Å². The molecular weight excluding hydrogens is 268 g/mol. The molecule has 0 radical (unpaired) electrons. The molecule has 0 aliphatic carbocycles. The first-order valence-corrected chi connectivity index (χ1v) is 5.79. The van der Waals surface area contributed by atoms with Gasteiger partial charge in [-0.25, -0.2) is 4.79 Å². The van der Waals surface area contributed by atoms with Crippen molar-refractivity contribution >= 4 is 5.82 Å². The quantitative estimate of drug-likeness (QED) is 0.344. The zero-order valence-electron chi connectivity index (χ0n) is 10.8. The van der Waals surface area contributed by atoms with Crippen molar-refractivity contribution in [3.8, 4) is 0 Å². The number of aromatic nitrogens is 2. The summed E-state index contributed by atoms with van der Waals surface area (Å²) in [4.78, 5) is 17.8. The Bertz CT molecular complexity index is 539. The molecule has 0 aliphatic heterocycles. The number of hydrogen-bond donors (Lipinski definition) is 3. The maximum atomic E-state index is 11.7. The van der Waals surface area contributed by atoms with E-state index in [2.05, 4.69) is 15.0 Å². The average Bonchev–Trinajstić information content (AvgIpc) is 2.39. The number of hydrogen-bond acceptors (Lipinski definition) is 7. The highest BCUT2D eigenvalue weighted by Crippen LogP contribution is 2.13. The van der Waals surface area contributed by atoms with Gasteiger partial charge in [-0.15, -0.1) is 0 Å². The summed E-state index contributed by atoms with van der Waals surface area (Å²) >= 11 is 0. The van der Waals surface area contributed by atoms with E-state index in [1.807, 2.05) is 0 Å². The van der Waals surface area contributed by atoms with Crippen LogP contribution in [-0.2, 0) is 4.74 Å². The van der Waals surface area contributed by atoms with Gasteiger partial charge in [-0.05, 0) is 18.5 Å². The van der Waals surface area contributed by atoms with E-state index >= 15 is 0 Å². The Labute approximate surface area is 114 Å². The molecule has 0 spiro atoms. The topological polar surface area (TPSA) is 159 Å². The number of nitrogen functional groups attached to an aromatic ring is 1. The van der Waals surface area contributed by atoms with Crippen molar-refractivity contribution in [2.24, 2.45) is 5.11 Å². The fourth-order valence-electron chi connectivity index (χ4n) is 1.46. The molecule has 0 saturated carbocycles. The molecule has 10 heteroatoms. The molecule has 0 amide bonds. The first-order valence-electron chi connectivity index (χ1n) is 5.79. The molecule has 4 N–H and O–H groups in total. The van der Waals surface area contributed by atoms with Crippen molar-refractivity contribution in [2.75, 3.05) is 18.9 Å². The van der Waals surface area contributed by atoms with Gasteiger partial charge in [0.25, 0.3) is 0 Å². The predicted octanol–water partition coefficient (Wildman–Crippen LogP) is -0.607. The van der Waals surface area contributed by atoms with Crippen LogP contribution < -0.4 is 11.4 Å². The third-order valence-corrected chi connectivity index (χ3v) is 2.51. The smallest absolute Gasteiger partial charge is 0.351 e. The lowest BCUT2D eigenvalue weighted by Crippen LogP contribution is -2.37. The van der Waals surface area contributed by atoms with Crippen LogP contribution >= 0.6 is 0 Å². The number of aliphatic hydroxyl groups is 2. The fraction of sp³-hybridized carbons (Fsp3) is 0.600. The monoisotopic (exact) mass is 284 g/mol. The molecule has 1 aromatic heterocycles. The number of nitrogens with zero attached hydrogens (tertiary/aromatic N) is 5. The zero-order chi connectivity index (χ0) is 15.1. The van der Waals surface area contributed by atoms with Crippen molar-refractivity contribution in [1.29, 1.82) is 0 Å². The largest absolute Gasteiger partial charge is 0.394 e. The maximum absolute atomic E-state index is 11.7. The van der Waals surface area contributed by atoms with Gasteiger partial charge in [0.2, 0.25) is 0 Å². The Morgan fingerprint density at radius 2 is 2.40 bits per heavy atom. The number of rotatable bonds is 7. The normalized spacial score (nSPS) is 15.2. The highest BCUT2D eigenvalue weighted by Gasteiger charge is 2.22. The number of aliphatic hydroxyl groups excluding tert-OH is 2. The molecule has 20 heavy (non-hydrogen) atoms. The molecule has 0 saturated heterocycles. The molecule has 0 aromatic carbocycles. The summed E-state index contributed by atoms with van der Waals surface area (Å²) in [5.74, 6) is 0.0445. The first kappa shape index (κ1) is 15.9. The number of nitrogens with two attached hydrogens (primary N) is 1. The van der Waals surface area contributed by atoms with Gasteiger partial charge in [0, 0.05) is 11.1 Å². The SMILES string of the molecule is C[C@H](O)[C@@H](CO)OC(CN=[N+]=[N-])n1ccc(N)nc1=O. The van der Waals surface area contributed by atoms with E-state index in [0.717, 1.165) is 4.57 Å². The second-order valence-corrected chi connectivity index (χ2v) is 4.01. The van der Waals surface area contributed by atoms with Gasteiger partial charge in [0.05, 0.1) is 19.3 Å². The van der Waals surface area contributed by atoms with E-state index in [-0.39, 0.29) is 12.4 Å². The fourth-order valence-corrected chi connectivity index (χ4v) is 1.46. The third-order valence-electron chi connectivity index (χ3n) is 2.51. The molecule has 3 atom stereocenters. The lowest BCUT2D eigenvalue weighted by atomic mass is 10.2. The second-order valence-electron chi connectivity index (χ2n) is 4.01. The Balaban J connectivity index is 3.05. The van der Waals surface area contributed by atoms with Crippen molar-refractivity contribution in [1.82, 2.24) is 9.55 Å². The molecule has 1 heterocycles. The number of azide groups is 1.